The fourth-order valence-corrected chi connectivity index (χ4v) is 3.12. The van der Waals surface area contributed by atoms with Gasteiger partial charge in [-0.15, -0.1) is 0 Å². The van der Waals surface area contributed by atoms with Crippen LogP contribution in [-0.4, -0.2) is 50.2 Å². The van der Waals surface area contributed by atoms with E-state index in [1.165, 1.54) is 19.3 Å². The Labute approximate surface area is 123 Å². The molecule has 4 nitrogen and oxygen atoms in total. The Morgan fingerprint density at radius 3 is 2.65 bits per heavy atom. The molecule has 0 aromatic heterocycles. The lowest BCUT2D eigenvalue weighted by Crippen LogP contribution is -2.40. The van der Waals surface area contributed by atoms with E-state index in [0.29, 0.717) is 24.7 Å². The molecule has 1 aliphatic carbocycles. The summed E-state index contributed by atoms with van der Waals surface area (Å²) in [6.45, 7) is 6.09. The average Bonchev–Trinajstić information content (AvgIpc) is 2.47. The van der Waals surface area contributed by atoms with Gasteiger partial charge in [0.25, 0.3) is 0 Å². The minimum atomic E-state index is -0.389. The summed E-state index contributed by atoms with van der Waals surface area (Å²) in [5, 5.41) is 13.4. The molecule has 2 fully saturated rings. The highest BCUT2D eigenvalue weighted by Gasteiger charge is 2.27. The standard InChI is InChI=1S/C16H31NO3/c1-16(7-9-19-10-8-16)13-17-11-14(18)12-20-15-5-3-2-4-6-15/h14-15,17-18H,2-13H2,1H3. The normalized spacial score (nSPS) is 25.5. The van der Waals surface area contributed by atoms with Gasteiger partial charge in [0.1, 0.15) is 0 Å². The van der Waals surface area contributed by atoms with E-state index < -0.39 is 0 Å². The molecule has 0 amide bonds. The summed E-state index contributed by atoms with van der Waals surface area (Å²) >= 11 is 0. The summed E-state index contributed by atoms with van der Waals surface area (Å²) in [5.41, 5.74) is 0.322. The van der Waals surface area contributed by atoms with Crippen LogP contribution in [0, 0.1) is 5.41 Å². The smallest absolute Gasteiger partial charge is 0.0897 e. The molecule has 1 unspecified atom stereocenters. The lowest BCUT2D eigenvalue weighted by molar-refractivity contribution is -0.0249. The van der Waals surface area contributed by atoms with Gasteiger partial charge in [-0.25, -0.2) is 0 Å². The minimum absolute atomic E-state index is 0.322. The van der Waals surface area contributed by atoms with Crippen LogP contribution in [0.5, 0.6) is 0 Å². The van der Waals surface area contributed by atoms with Crippen molar-refractivity contribution in [3.63, 3.8) is 0 Å². The second-order valence-electron chi connectivity index (χ2n) is 6.80. The molecule has 1 saturated heterocycles. The van der Waals surface area contributed by atoms with Crippen molar-refractivity contribution < 1.29 is 14.6 Å². The predicted molar refractivity (Wildman–Crippen MR) is 79.9 cm³/mol. The van der Waals surface area contributed by atoms with Crippen molar-refractivity contribution in [1.82, 2.24) is 5.32 Å². The van der Waals surface area contributed by atoms with Crippen LogP contribution in [0.15, 0.2) is 0 Å². The molecule has 2 aliphatic rings. The Kier molecular flexibility index (Phi) is 6.75. The van der Waals surface area contributed by atoms with Crippen LogP contribution in [-0.2, 0) is 9.47 Å². The van der Waals surface area contributed by atoms with Crippen molar-refractivity contribution in [1.29, 1.82) is 0 Å². The molecular formula is C16H31NO3. The van der Waals surface area contributed by atoms with Crippen molar-refractivity contribution in [2.45, 2.75) is 64.1 Å². The number of aliphatic hydroxyl groups is 1. The predicted octanol–water partition coefficient (Wildman–Crippen LogP) is 2.10. The first-order valence-corrected chi connectivity index (χ1v) is 8.26. The molecule has 0 aromatic carbocycles. The van der Waals surface area contributed by atoms with Crippen molar-refractivity contribution in [3.8, 4) is 0 Å². The van der Waals surface area contributed by atoms with Gasteiger partial charge in [0, 0.05) is 26.3 Å². The molecule has 1 atom stereocenters. The molecule has 0 aromatic rings. The van der Waals surface area contributed by atoms with Gasteiger partial charge in [-0.2, -0.15) is 0 Å². The highest BCUT2D eigenvalue weighted by Crippen LogP contribution is 2.28. The molecule has 1 heterocycles. The summed E-state index contributed by atoms with van der Waals surface area (Å²) in [5.74, 6) is 0. The first kappa shape index (κ1) is 16.2. The van der Waals surface area contributed by atoms with Gasteiger partial charge in [-0.1, -0.05) is 26.2 Å². The van der Waals surface area contributed by atoms with E-state index in [1.54, 1.807) is 0 Å². The monoisotopic (exact) mass is 285 g/mol. The van der Waals surface area contributed by atoms with Gasteiger partial charge in [0.05, 0.1) is 18.8 Å². The maximum atomic E-state index is 9.98. The quantitative estimate of drug-likeness (QED) is 0.752. The Balaban J connectivity index is 1.54. The molecule has 1 aliphatic heterocycles. The summed E-state index contributed by atoms with van der Waals surface area (Å²) in [6, 6.07) is 0. The van der Waals surface area contributed by atoms with Crippen LogP contribution in [0.2, 0.25) is 0 Å². The summed E-state index contributed by atoms with van der Waals surface area (Å²) in [7, 11) is 0. The van der Waals surface area contributed by atoms with Crippen LogP contribution in [0.1, 0.15) is 51.9 Å². The van der Waals surface area contributed by atoms with Crippen LogP contribution >= 0.6 is 0 Å². The first-order chi connectivity index (χ1) is 9.68. The lowest BCUT2D eigenvalue weighted by Gasteiger charge is -2.34. The second kappa shape index (κ2) is 8.32. The number of nitrogens with one attached hydrogen (secondary N) is 1. The van der Waals surface area contributed by atoms with E-state index in [-0.39, 0.29) is 6.10 Å². The third kappa shape index (κ3) is 5.68. The summed E-state index contributed by atoms with van der Waals surface area (Å²) in [4.78, 5) is 0. The van der Waals surface area contributed by atoms with Gasteiger partial charge < -0.3 is 19.9 Å². The Morgan fingerprint density at radius 1 is 1.25 bits per heavy atom. The zero-order chi connectivity index (χ0) is 14.3. The van der Waals surface area contributed by atoms with Crippen LogP contribution in [0.25, 0.3) is 0 Å². The maximum Gasteiger partial charge on any atom is 0.0897 e. The molecule has 0 bridgehead atoms. The number of hydrogen-bond donors (Lipinski definition) is 2. The van der Waals surface area contributed by atoms with Gasteiger partial charge in [0.2, 0.25) is 0 Å². The topological polar surface area (TPSA) is 50.7 Å². The SMILES string of the molecule is CC1(CNCC(O)COC2CCCCC2)CCOCC1. The average molecular weight is 285 g/mol. The molecule has 2 rings (SSSR count). The zero-order valence-corrected chi connectivity index (χ0v) is 12.9. The summed E-state index contributed by atoms with van der Waals surface area (Å²) in [6.07, 6.45) is 8.43. The molecule has 2 N–H and O–H groups in total. The third-order valence-electron chi connectivity index (χ3n) is 4.71. The molecule has 0 spiro atoms. The highest BCUT2D eigenvalue weighted by molar-refractivity contribution is 4.80. The van der Waals surface area contributed by atoms with E-state index in [0.717, 1.165) is 45.4 Å². The Morgan fingerprint density at radius 2 is 1.95 bits per heavy atom. The molecular weight excluding hydrogens is 254 g/mol. The Hall–Kier alpha value is -0.160. The fourth-order valence-electron chi connectivity index (χ4n) is 3.12. The summed E-state index contributed by atoms with van der Waals surface area (Å²) < 4.78 is 11.2. The molecule has 118 valence electrons. The highest BCUT2D eigenvalue weighted by atomic mass is 16.5. The lowest BCUT2D eigenvalue weighted by atomic mass is 9.82. The van der Waals surface area contributed by atoms with E-state index in [9.17, 15) is 5.11 Å². The largest absolute Gasteiger partial charge is 0.389 e. The number of rotatable bonds is 7. The van der Waals surface area contributed by atoms with Crippen LogP contribution in [0.4, 0.5) is 0 Å². The molecule has 1 saturated carbocycles. The van der Waals surface area contributed by atoms with Crippen LogP contribution in [0.3, 0.4) is 0 Å². The zero-order valence-electron chi connectivity index (χ0n) is 12.9. The van der Waals surface area contributed by atoms with Crippen LogP contribution < -0.4 is 5.32 Å². The van der Waals surface area contributed by atoms with Gasteiger partial charge >= 0.3 is 0 Å². The Bertz CT molecular complexity index is 260. The first-order valence-electron chi connectivity index (χ1n) is 8.26. The van der Waals surface area contributed by atoms with Crippen molar-refractivity contribution in [3.05, 3.63) is 0 Å². The number of hydrogen-bond acceptors (Lipinski definition) is 4. The van der Waals surface area contributed by atoms with Gasteiger partial charge in [-0.05, 0) is 31.1 Å². The number of ether oxygens (including phenoxy) is 2. The minimum Gasteiger partial charge on any atom is -0.389 e. The fraction of sp³-hybridized carbons (Fsp3) is 1.00. The molecule has 0 radical (unpaired) electrons. The second-order valence-corrected chi connectivity index (χ2v) is 6.80. The van der Waals surface area contributed by atoms with Gasteiger partial charge in [-0.3, -0.25) is 0 Å². The van der Waals surface area contributed by atoms with Crippen molar-refractivity contribution in [2.24, 2.45) is 5.41 Å². The van der Waals surface area contributed by atoms with Crippen molar-refractivity contribution in [2.75, 3.05) is 32.9 Å². The van der Waals surface area contributed by atoms with E-state index >= 15 is 0 Å². The van der Waals surface area contributed by atoms with Crippen molar-refractivity contribution >= 4 is 0 Å². The van der Waals surface area contributed by atoms with E-state index in [2.05, 4.69) is 12.2 Å². The number of aliphatic hydroxyl groups excluding tert-OH is 1. The van der Waals surface area contributed by atoms with Gasteiger partial charge in [0.15, 0.2) is 0 Å². The molecule has 20 heavy (non-hydrogen) atoms. The molecule has 4 heteroatoms. The maximum absolute atomic E-state index is 9.98. The van der Waals surface area contributed by atoms with E-state index in [4.69, 9.17) is 9.47 Å². The third-order valence-corrected chi connectivity index (χ3v) is 4.71. The van der Waals surface area contributed by atoms with E-state index in [1.807, 2.05) is 0 Å².